The predicted molar refractivity (Wildman–Crippen MR) is 172 cm³/mol. The van der Waals surface area contributed by atoms with Gasteiger partial charge in [0.1, 0.15) is 23.7 Å². The molecule has 1 fully saturated rings. The van der Waals surface area contributed by atoms with Crippen molar-refractivity contribution in [3.63, 3.8) is 0 Å². The summed E-state index contributed by atoms with van der Waals surface area (Å²) < 4.78 is 12.4. The lowest BCUT2D eigenvalue weighted by atomic mass is 10.0. The lowest BCUT2D eigenvalue weighted by Crippen LogP contribution is -2.51. The molecule has 0 saturated carbocycles. The van der Waals surface area contributed by atoms with Gasteiger partial charge in [0.2, 0.25) is 11.8 Å². The van der Waals surface area contributed by atoms with Crippen LogP contribution in [0.15, 0.2) is 76.7 Å². The molecule has 3 atom stereocenters. The van der Waals surface area contributed by atoms with E-state index < -0.39 is 24.3 Å². The van der Waals surface area contributed by atoms with Gasteiger partial charge in [-0.2, -0.15) is 0 Å². The number of thiophene rings is 1. The van der Waals surface area contributed by atoms with Gasteiger partial charge in [-0.1, -0.05) is 60.1 Å². The lowest BCUT2D eigenvalue weighted by molar-refractivity contribution is -0.135. The molecule has 10 nitrogen and oxygen atoms in total. The third-order valence-corrected chi connectivity index (χ3v) is 8.98. The van der Waals surface area contributed by atoms with Gasteiger partial charge >= 0.3 is 6.09 Å². The molecule has 1 unspecified atom stereocenters. The normalized spacial score (nSPS) is 17.2. The quantitative estimate of drug-likeness (QED) is 0.190. The third kappa shape index (κ3) is 6.18. The molecule has 0 bridgehead atoms. The number of fused-ring (bicyclic) bond motifs is 1. The van der Waals surface area contributed by atoms with Gasteiger partial charge in [-0.05, 0) is 47.2 Å². The SMILES string of the molecule is COC(=O)NC(C(=O)N1C[C@H](Oc2nc3ccccc3nc2-c2cccs2)C[C@H]1c1ncc(-c2ccc(Br)cc2)[nH]1)C(C)C. The van der Waals surface area contributed by atoms with Crippen LogP contribution in [0, 0.1) is 5.92 Å². The lowest BCUT2D eigenvalue weighted by Gasteiger charge is -2.29. The van der Waals surface area contributed by atoms with Crippen molar-refractivity contribution in [3.8, 4) is 27.7 Å². The summed E-state index contributed by atoms with van der Waals surface area (Å²) in [6.07, 6.45) is 1.15. The Bertz CT molecular complexity index is 1780. The molecule has 0 radical (unpaired) electrons. The zero-order valence-electron chi connectivity index (χ0n) is 24.4. The van der Waals surface area contributed by atoms with Crippen molar-refractivity contribution in [2.75, 3.05) is 13.7 Å². The first-order valence-corrected chi connectivity index (χ1v) is 15.9. The molecule has 2 aromatic carbocycles. The number of halogens is 1. The number of alkyl carbamates (subject to hydrolysis) is 1. The highest BCUT2D eigenvalue weighted by Crippen LogP contribution is 2.38. The van der Waals surface area contributed by atoms with Crippen molar-refractivity contribution >= 4 is 50.3 Å². The number of aromatic nitrogens is 4. The molecule has 3 aromatic heterocycles. The summed E-state index contributed by atoms with van der Waals surface area (Å²) in [6.45, 7) is 4.03. The van der Waals surface area contributed by atoms with Crippen LogP contribution in [0.25, 0.3) is 32.9 Å². The molecule has 12 heteroatoms. The van der Waals surface area contributed by atoms with Gasteiger partial charge in [0.15, 0.2) is 0 Å². The number of ether oxygens (including phenoxy) is 2. The summed E-state index contributed by atoms with van der Waals surface area (Å²) in [4.78, 5) is 46.8. The van der Waals surface area contributed by atoms with Crippen LogP contribution in [0.5, 0.6) is 5.88 Å². The smallest absolute Gasteiger partial charge is 0.407 e. The minimum absolute atomic E-state index is 0.186. The number of nitrogens with zero attached hydrogens (tertiary/aromatic N) is 4. The largest absolute Gasteiger partial charge is 0.471 e. The average Bonchev–Trinajstić information content (AvgIpc) is 3.81. The molecular formula is C32H31BrN6O4S. The van der Waals surface area contributed by atoms with Crippen molar-refractivity contribution in [2.45, 2.75) is 38.5 Å². The first kappa shape index (κ1) is 29.8. The van der Waals surface area contributed by atoms with E-state index in [1.807, 2.05) is 79.9 Å². The summed E-state index contributed by atoms with van der Waals surface area (Å²) >= 11 is 5.04. The van der Waals surface area contributed by atoms with Crippen molar-refractivity contribution in [3.05, 3.63) is 82.5 Å². The Morgan fingerprint density at radius 3 is 2.50 bits per heavy atom. The van der Waals surface area contributed by atoms with Crippen LogP contribution in [0.3, 0.4) is 0 Å². The summed E-state index contributed by atoms with van der Waals surface area (Å²) in [5.74, 6) is 0.610. The highest BCUT2D eigenvalue weighted by molar-refractivity contribution is 9.10. The van der Waals surface area contributed by atoms with E-state index in [0.717, 1.165) is 31.6 Å². The van der Waals surface area contributed by atoms with Gasteiger partial charge in [-0.15, -0.1) is 11.3 Å². The summed E-state index contributed by atoms with van der Waals surface area (Å²) in [5.41, 5.74) is 3.95. The summed E-state index contributed by atoms with van der Waals surface area (Å²) in [5, 5.41) is 4.70. The molecule has 2 N–H and O–H groups in total. The molecule has 1 aliphatic heterocycles. The predicted octanol–water partition coefficient (Wildman–Crippen LogP) is 6.61. The Balaban J connectivity index is 1.35. The van der Waals surface area contributed by atoms with Crippen molar-refractivity contribution in [2.24, 2.45) is 5.92 Å². The molecule has 1 saturated heterocycles. The number of nitrogens with one attached hydrogen (secondary N) is 2. The number of aromatic amines is 1. The van der Waals surface area contributed by atoms with Crippen LogP contribution in [0.4, 0.5) is 4.79 Å². The van der Waals surface area contributed by atoms with Gasteiger partial charge < -0.3 is 24.7 Å². The van der Waals surface area contributed by atoms with Crippen molar-refractivity contribution in [1.29, 1.82) is 0 Å². The second kappa shape index (κ2) is 12.7. The van der Waals surface area contributed by atoms with E-state index in [1.165, 1.54) is 7.11 Å². The van der Waals surface area contributed by atoms with Crippen LogP contribution in [-0.4, -0.2) is 62.6 Å². The maximum Gasteiger partial charge on any atom is 0.407 e. The average molecular weight is 676 g/mol. The monoisotopic (exact) mass is 674 g/mol. The molecule has 1 aliphatic rings. The topological polar surface area (TPSA) is 122 Å². The maximum absolute atomic E-state index is 14.1. The van der Waals surface area contributed by atoms with Gasteiger partial charge in [-0.3, -0.25) is 4.79 Å². The Morgan fingerprint density at radius 1 is 1.07 bits per heavy atom. The summed E-state index contributed by atoms with van der Waals surface area (Å²) in [7, 11) is 1.28. The Labute approximate surface area is 267 Å². The molecule has 4 heterocycles. The third-order valence-electron chi connectivity index (χ3n) is 7.58. The molecule has 2 amide bonds. The van der Waals surface area contributed by atoms with E-state index in [1.54, 1.807) is 22.4 Å². The van der Waals surface area contributed by atoms with E-state index in [9.17, 15) is 9.59 Å². The second-order valence-corrected chi connectivity index (χ2v) is 12.7. The standard InChI is InChI=1S/C32H31BrN6O4S/c1-18(2)27(38-32(41)42-3)31(40)39-17-21(15-25(39)29-34-16-24(36-29)19-10-12-20(33)13-11-19)43-30-28(26-9-6-14-44-26)35-22-7-4-5-8-23(22)37-30/h4-14,16,18,21,25,27H,15,17H2,1-3H3,(H,34,36)(H,38,41)/t21-,25+,27?/m1/s1. The maximum atomic E-state index is 14.1. The Kier molecular flexibility index (Phi) is 8.62. The number of amides is 2. The van der Waals surface area contributed by atoms with E-state index in [0.29, 0.717) is 23.8 Å². The van der Waals surface area contributed by atoms with Crippen LogP contribution in [0.1, 0.15) is 32.1 Å². The van der Waals surface area contributed by atoms with Crippen molar-refractivity contribution in [1.82, 2.24) is 30.2 Å². The number of para-hydroxylation sites is 2. The number of rotatable bonds is 8. The molecule has 0 aliphatic carbocycles. The molecule has 0 spiro atoms. The number of benzene rings is 2. The van der Waals surface area contributed by atoms with E-state index in [4.69, 9.17) is 24.4 Å². The summed E-state index contributed by atoms with van der Waals surface area (Å²) in [6, 6.07) is 18.3. The zero-order chi connectivity index (χ0) is 30.8. The Hall–Kier alpha value is -4.29. The number of imidazole rings is 1. The van der Waals surface area contributed by atoms with Crippen LogP contribution < -0.4 is 10.1 Å². The number of methoxy groups -OCH3 is 1. The molecular weight excluding hydrogens is 644 g/mol. The molecule has 5 aromatic rings. The van der Waals surface area contributed by atoms with Crippen molar-refractivity contribution < 1.29 is 19.1 Å². The fourth-order valence-corrected chi connectivity index (χ4v) is 6.31. The van der Waals surface area contributed by atoms with Gasteiger partial charge in [-0.25, -0.2) is 19.7 Å². The van der Waals surface area contributed by atoms with Gasteiger partial charge in [0.25, 0.3) is 0 Å². The number of carbonyl (C=O) groups is 2. The number of hydrogen-bond donors (Lipinski definition) is 2. The number of hydrogen-bond acceptors (Lipinski definition) is 8. The fourth-order valence-electron chi connectivity index (χ4n) is 5.34. The van der Waals surface area contributed by atoms with Crippen LogP contribution in [-0.2, 0) is 9.53 Å². The second-order valence-electron chi connectivity index (χ2n) is 10.9. The fraction of sp³-hybridized carbons (Fsp3) is 0.281. The van der Waals surface area contributed by atoms with E-state index in [-0.39, 0.29) is 18.4 Å². The first-order chi connectivity index (χ1) is 21.3. The van der Waals surface area contributed by atoms with E-state index >= 15 is 0 Å². The highest BCUT2D eigenvalue weighted by atomic mass is 79.9. The molecule has 44 heavy (non-hydrogen) atoms. The highest BCUT2D eigenvalue weighted by Gasteiger charge is 2.43. The molecule has 6 rings (SSSR count). The van der Waals surface area contributed by atoms with Gasteiger partial charge in [0.05, 0.1) is 47.5 Å². The van der Waals surface area contributed by atoms with Crippen LogP contribution in [0.2, 0.25) is 0 Å². The number of H-pyrrole nitrogens is 1. The van der Waals surface area contributed by atoms with Gasteiger partial charge in [0, 0.05) is 10.9 Å². The molecule has 226 valence electrons. The number of likely N-dealkylation sites (tertiary alicyclic amines) is 1. The minimum Gasteiger partial charge on any atom is -0.471 e. The first-order valence-electron chi connectivity index (χ1n) is 14.2. The van der Waals surface area contributed by atoms with Crippen LogP contribution >= 0.6 is 27.3 Å². The Morgan fingerprint density at radius 2 is 1.82 bits per heavy atom. The number of carbonyl (C=O) groups excluding carboxylic acids is 2. The minimum atomic E-state index is -0.799. The zero-order valence-corrected chi connectivity index (χ0v) is 26.8. The van der Waals surface area contributed by atoms with E-state index in [2.05, 4.69) is 26.2 Å².